The molecule has 1 fully saturated rings. The van der Waals surface area contributed by atoms with Crippen LogP contribution in [0.15, 0.2) is 0 Å². The Morgan fingerprint density at radius 2 is 1.92 bits per heavy atom. The third-order valence-electron chi connectivity index (χ3n) is 1.89. The lowest BCUT2D eigenvalue weighted by atomic mass is 10.1. The highest BCUT2D eigenvalue weighted by Gasteiger charge is 2.34. The zero-order valence-electron chi connectivity index (χ0n) is 8.59. The van der Waals surface area contributed by atoms with Gasteiger partial charge < -0.3 is 14.0 Å². The smallest absolute Gasteiger partial charge is 0.137 e. The van der Waals surface area contributed by atoms with Gasteiger partial charge in [-0.2, -0.15) is 0 Å². The summed E-state index contributed by atoms with van der Waals surface area (Å²) in [6, 6.07) is 0. The topological polar surface area (TPSA) is 18.5 Å². The van der Waals surface area contributed by atoms with Crippen LogP contribution in [-0.4, -0.2) is 57.6 Å². The van der Waals surface area contributed by atoms with Crippen LogP contribution in [0.25, 0.3) is 0 Å². The summed E-state index contributed by atoms with van der Waals surface area (Å²) < 4.78 is 12.0. The Morgan fingerprint density at radius 1 is 1.25 bits per heavy atom. The fraction of sp³-hybridized carbons (Fsp3) is 1.00. The van der Waals surface area contributed by atoms with Crippen molar-refractivity contribution in [2.45, 2.75) is 12.5 Å². The van der Waals surface area contributed by atoms with Gasteiger partial charge >= 0.3 is 0 Å². The van der Waals surface area contributed by atoms with Gasteiger partial charge in [0.25, 0.3) is 0 Å². The molecule has 1 atom stereocenters. The normalized spacial score (nSPS) is 32.0. The first-order valence-corrected chi connectivity index (χ1v) is 4.44. The molecule has 0 amide bonds. The number of nitrogens with zero attached hydrogens (tertiary/aromatic N) is 1. The van der Waals surface area contributed by atoms with Crippen molar-refractivity contribution in [1.82, 2.24) is 0 Å². The maximum Gasteiger partial charge on any atom is 0.137 e. The van der Waals surface area contributed by atoms with Crippen LogP contribution in [0.5, 0.6) is 0 Å². The largest absolute Gasteiger partial charge is 0.376 e. The second-order valence-corrected chi connectivity index (χ2v) is 4.80. The van der Waals surface area contributed by atoms with E-state index in [9.17, 15) is 0 Å². The molecule has 0 radical (unpaired) electrons. The van der Waals surface area contributed by atoms with Crippen LogP contribution in [0.2, 0.25) is 0 Å². The predicted molar refractivity (Wildman–Crippen MR) is 48.1 cm³/mol. The summed E-state index contributed by atoms with van der Waals surface area (Å²) in [4.78, 5) is 0. The van der Waals surface area contributed by atoms with E-state index in [1.54, 1.807) is 0 Å². The van der Waals surface area contributed by atoms with Crippen molar-refractivity contribution < 1.29 is 14.0 Å². The van der Waals surface area contributed by atoms with E-state index in [4.69, 9.17) is 9.47 Å². The monoisotopic (exact) mass is 174 g/mol. The van der Waals surface area contributed by atoms with Crippen molar-refractivity contribution in [2.24, 2.45) is 0 Å². The molecule has 1 rings (SSSR count). The van der Waals surface area contributed by atoms with Gasteiger partial charge in [-0.15, -0.1) is 0 Å². The van der Waals surface area contributed by atoms with Gasteiger partial charge in [-0.05, 0) is 6.92 Å². The van der Waals surface area contributed by atoms with Crippen LogP contribution < -0.4 is 0 Å². The lowest BCUT2D eigenvalue weighted by Gasteiger charge is -2.38. The van der Waals surface area contributed by atoms with Gasteiger partial charge in [0, 0.05) is 0 Å². The average Bonchev–Trinajstić information content (AvgIpc) is 1.83. The Morgan fingerprint density at radius 3 is 2.33 bits per heavy atom. The molecule has 0 aromatic heterocycles. The Hall–Kier alpha value is -0.120. The van der Waals surface area contributed by atoms with Crippen LogP contribution >= 0.6 is 0 Å². The van der Waals surface area contributed by atoms with E-state index in [-0.39, 0.29) is 5.60 Å². The van der Waals surface area contributed by atoms with E-state index in [1.807, 2.05) is 0 Å². The van der Waals surface area contributed by atoms with Crippen molar-refractivity contribution in [3.8, 4) is 0 Å². The summed E-state index contributed by atoms with van der Waals surface area (Å²) in [7, 11) is 6.51. The minimum absolute atomic E-state index is 0.0868. The maximum absolute atomic E-state index is 5.70. The molecule has 0 aromatic carbocycles. The first kappa shape index (κ1) is 9.96. The molecule has 1 heterocycles. The van der Waals surface area contributed by atoms with Gasteiger partial charge in [0.2, 0.25) is 0 Å². The third kappa shape index (κ3) is 3.09. The van der Waals surface area contributed by atoms with Crippen molar-refractivity contribution in [3.63, 3.8) is 0 Å². The molecule has 1 aliphatic heterocycles. The number of rotatable bonds is 2. The molecule has 0 aliphatic carbocycles. The molecule has 72 valence electrons. The summed E-state index contributed by atoms with van der Waals surface area (Å²) >= 11 is 0. The highest BCUT2D eigenvalue weighted by atomic mass is 16.6. The Labute approximate surface area is 74.8 Å². The molecular weight excluding hydrogens is 154 g/mol. The van der Waals surface area contributed by atoms with Crippen molar-refractivity contribution in [1.29, 1.82) is 0 Å². The fourth-order valence-electron chi connectivity index (χ4n) is 1.77. The maximum atomic E-state index is 5.70. The lowest BCUT2D eigenvalue weighted by Crippen LogP contribution is -2.53. The van der Waals surface area contributed by atoms with Gasteiger partial charge in [0.1, 0.15) is 12.1 Å². The summed E-state index contributed by atoms with van der Waals surface area (Å²) in [6.45, 7) is 5.31. The molecule has 0 spiro atoms. The molecule has 3 nitrogen and oxygen atoms in total. The van der Waals surface area contributed by atoms with Crippen LogP contribution in [0.3, 0.4) is 0 Å². The minimum Gasteiger partial charge on any atom is -0.376 e. The number of ether oxygens (including phenoxy) is 2. The molecule has 1 aliphatic rings. The van der Waals surface area contributed by atoms with E-state index in [0.29, 0.717) is 0 Å². The molecule has 0 saturated carbocycles. The Bertz CT molecular complexity index is 145. The second kappa shape index (κ2) is 3.32. The van der Waals surface area contributed by atoms with Gasteiger partial charge in [-0.25, -0.2) is 0 Å². The number of hydrogen-bond donors (Lipinski definition) is 0. The highest BCUT2D eigenvalue weighted by Crippen LogP contribution is 2.17. The fourth-order valence-corrected chi connectivity index (χ4v) is 1.77. The van der Waals surface area contributed by atoms with Gasteiger partial charge in [-0.3, -0.25) is 0 Å². The lowest BCUT2D eigenvalue weighted by molar-refractivity contribution is -0.877. The minimum atomic E-state index is -0.0868. The van der Waals surface area contributed by atoms with Crippen LogP contribution in [0, 0.1) is 0 Å². The molecule has 0 N–H and O–H groups in total. The molecule has 1 unspecified atom stereocenters. The zero-order chi connectivity index (χ0) is 9.24. The predicted octanol–water partition coefficient (Wildman–Crippen LogP) is 0.498. The Kier molecular flexibility index (Phi) is 2.76. The molecule has 0 aromatic rings. The van der Waals surface area contributed by atoms with E-state index < -0.39 is 0 Å². The number of likely N-dealkylation sites (N-methyl/N-ethyl adjacent to an activating group) is 1. The van der Waals surface area contributed by atoms with Crippen molar-refractivity contribution in [2.75, 3.05) is 47.5 Å². The first-order valence-electron chi connectivity index (χ1n) is 4.44. The quantitative estimate of drug-likeness (QED) is 0.567. The third-order valence-corrected chi connectivity index (χ3v) is 1.89. The van der Waals surface area contributed by atoms with Crippen molar-refractivity contribution in [3.05, 3.63) is 0 Å². The number of quaternary nitrogens is 1. The summed E-state index contributed by atoms with van der Waals surface area (Å²) in [6.07, 6.45) is 0. The summed E-state index contributed by atoms with van der Waals surface area (Å²) in [5.74, 6) is 0. The Balaban J connectivity index is 2.47. The average molecular weight is 174 g/mol. The van der Waals surface area contributed by atoms with Gasteiger partial charge in [0.15, 0.2) is 0 Å². The summed E-state index contributed by atoms with van der Waals surface area (Å²) in [5, 5.41) is 0. The van der Waals surface area contributed by atoms with E-state index >= 15 is 0 Å². The summed E-state index contributed by atoms with van der Waals surface area (Å²) in [5.41, 5.74) is -0.0868. The van der Waals surface area contributed by atoms with Crippen LogP contribution in [0.4, 0.5) is 0 Å². The van der Waals surface area contributed by atoms with Crippen LogP contribution in [0.1, 0.15) is 6.92 Å². The van der Waals surface area contributed by atoms with Gasteiger partial charge in [-0.1, -0.05) is 0 Å². The van der Waals surface area contributed by atoms with Crippen molar-refractivity contribution >= 4 is 0 Å². The standard InChI is InChI=1S/C9H20NO2/c1-9(7-10(2,3)4)8-11-5-6-12-9/h5-8H2,1-4H3/q+1. The number of hydrogen-bond acceptors (Lipinski definition) is 2. The highest BCUT2D eigenvalue weighted by molar-refractivity contribution is 4.76. The molecule has 12 heavy (non-hydrogen) atoms. The van der Waals surface area contributed by atoms with E-state index in [0.717, 1.165) is 30.8 Å². The SMILES string of the molecule is CC1(C[N+](C)(C)C)COCCO1. The van der Waals surface area contributed by atoms with Gasteiger partial charge in [0.05, 0.1) is 41.0 Å². The molecule has 1 saturated heterocycles. The van der Waals surface area contributed by atoms with E-state index in [2.05, 4.69) is 28.1 Å². The van der Waals surface area contributed by atoms with Crippen LogP contribution in [-0.2, 0) is 9.47 Å². The molecule has 3 heteroatoms. The first-order chi connectivity index (χ1) is 5.41. The zero-order valence-corrected chi connectivity index (χ0v) is 8.59. The second-order valence-electron chi connectivity index (χ2n) is 4.80. The molecular formula is C9H20NO2+. The molecule has 0 bridgehead atoms. The van der Waals surface area contributed by atoms with E-state index in [1.165, 1.54) is 0 Å².